The molecule has 5 nitrogen and oxygen atoms in total. The lowest BCUT2D eigenvalue weighted by Gasteiger charge is -2.31. The molecule has 0 bridgehead atoms. The van der Waals surface area contributed by atoms with Crippen molar-refractivity contribution in [2.24, 2.45) is 0 Å². The van der Waals surface area contributed by atoms with Gasteiger partial charge in [-0.2, -0.15) is 4.31 Å². The number of aromatic nitrogens is 2. The highest BCUT2D eigenvalue weighted by Gasteiger charge is 2.30. The van der Waals surface area contributed by atoms with Crippen LogP contribution in [0.4, 0.5) is 0 Å². The van der Waals surface area contributed by atoms with E-state index in [-0.39, 0.29) is 4.90 Å². The van der Waals surface area contributed by atoms with E-state index in [1.807, 2.05) is 39.1 Å². The summed E-state index contributed by atoms with van der Waals surface area (Å²) in [7, 11) is -1.97. The average Bonchev–Trinajstić information content (AvgIpc) is 2.96. The van der Waals surface area contributed by atoms with Crippen LogP contribution in [0.2, 0.25) is 0 Å². The number of hydrogen-bond acceptors (Lipinski definition) is 3. The molecular formula is C18H20BrN3O2S. The molecule has 7 heteroatoms. The van der Waals surface area contributed by atoms with Gasteiger partial charge >= 0.3 is 0 Å². The number of sulfonamides is 1. The number of H-pyrrole nitrogens is 1. The maximum atomic E-state index is 12.9. The molecule has 3 rings (SSSR count). The third-order valence-electron chi connectivity index (χ3n) is 4.25. The van der Waals surface area contributed by atoms with Crippen LogP contribution in [0.1, 0.15) is 20.8 Å². The summed E-state index contributed by atoms with van der Waals surface area (Å²) in [6, 6.07) is 8.98. The summed E-state index contributed by atoms with van der Waals surface area (Å²) in [6.45, 7) is 5.62. The van der Waals surface area contributed by atoms with Gasteiger partial charge in [-0.05, 0) is 60.5 Å². The molecule has 0 saturated carbocycles. The van der Waals surface area contributed by atoms with Crippen LogP contribution in [-0.4, -0.2) is 35.3 Å². The standard InChI is InChI=1S/C18H20BrN3O2S/c1-18(2,3)22(4)25(23,24)14-7-5-6-12(8-14)16-11-21-17-15(16)9-13(19)10-20-17/h5-11H,1-4H3,(H,20,21). The summed E-state index contributed by atoms with van der Waals surface area (Å²) >= 11 is 3.43. The molecule has 1 aromatic carbocycles. The minimum atomic E-state index is -3.57. The first-order chi connectivity index (χ1) is 11.6. The van der Waals surface area contributed by atoms with Crippen molar-refractivity contribution in [3.63, 3.8) is 0 Å². The van der Waals surface area contributed by atoms with Crippen molar-refractivity contribution in [2.75, 3.05) is 7.05 Å². The van der Waals surface area contributed by atoms with Crippen molar-refractivity contribution in [2.45, 2.75) is 31.2 Å². The Labute approximate surface area is 156 Å². The lowest BCUT2D eigenvalue weighted by atomic mass is 10.1. The van der Waals surface area contributed by atoms with Crippen LogP contribution in [0.15, 0.2) is 52.1 Å². The number of benzene rings is 1. The Morgan fingerprint density at radius 1 is 1.20 bits per heavy atom. The fourth-order valence-electron chi connectivity index (χ4n) is 2.56. The highest BCUT2D eigenvalue weighted by molar-refractivity contribution is 9.10. The predicted molar refractivity (Wildman–Crippen MR) is 104 cm³/mol. The van der Waals surface area contributed by atoms with E-state index in [9.17, 15) is 8.42 Å². The number of halogens is 1. The topological polar surface area (TPSA) is 66.1 Å². The van der Waals surface area contributed by atoms with Crippen molar-refractivity contribution in [1.82, 2.24) is 14.3 Å². The van der Waals surface area contributed by atoms with E-state index in [1.165, 1.54) is 4.31 Å². The van der Waals surface area contributed by atoms with Gasteiger partial charge < -0.3 is 4.98 Å². The first-order valence-electron chi connectivity index (χ1n) is 7.83. The Hall–Kier alpha value is -1.70. The average molecular weight is 422 g/mol. The van der Waals surface area contributed by atoms with Crippen LogP contribution in [0, 0.1) is 0 Å². The van der Waals surface area contributed by atoms with Gasteiger partial charge in [0, 0.05) is 40.4 Å². The number of pyridine rings is 1. The Bertz CT molecular complexity index is 1040. The molecule has 0 saturated heterocycles. The summed E-state index contributed by atoms with van der Waals surface area (Å²) in [5.41, 5.74) is 2.01. The summed E-state index contributed by atoms with van der Waals surface area (Å²) in [5, 5.41) is 0.938. The SMILES string of the molecule is CN(C(C)(C)C)S(=O)(=O)c1cccc(-c2c[nH]c3ncc(Br)cc23)c1. The van der Waals surface area contributed by atoms with Crippen molar-refractivity contribution in [3.05, 3.63) is 47.2 Å². The second-order valence-corrected chi connectivity index (χ2v) is 9.81. The second kappa shape index (κ2) is 6.23. The zero-order valence-corrected chi connectivity index (χ0v) is 16.9. The van der Waals surface area contributed by atoms with Gasteiger partial charge in [-0.1, -0.05) is 12.1 Å². The van der Waals surface area contributed by atoms with Gasteiger partial charge in [0.15, 0.2) is 0 Å². The number of nitrogens with zero attached hydrogens (tertiary/aromatic N) is 2. The molecule has 132 valence electrons. The van der Waals surface area contributed by atoms with Crippen molar-refractivity contribution in [3.8, 4) is 11.1 Å². The van der Waals surface area contributed by atoms with Gasteiger partial charge in [0.05, 0.1) is 4.90 Å². The number of nitrogens with one attached hydrogen (secondary N) is 1. The van der Waals surface area contributed by atoms with Gasteiger partial charge in [0.2, 0.25) is 10.0 Å². The fraction of sp³-hybridized carbons (Fsp3) is 0.278. The molecule has 2 heterocycles. The van der Waals surface area contributed by atoms with E-state index < -0.39 is 15.6 Å². The molecule has 3 aromatic rings. The molecule has 1 N–H and O–H groups in total. The van der Waals surface area contributed by atoms with Gasteiger partial charge in [-0.3, -0.25) is 0 Å². The zero-order chi connectivity index (χ0) is 18.4. The molecule has 0 fully saturated rings. The highest BCUT2D eigenvalue weighted by atomic mass is 79.9. The normalized spacial score (nSPS) is 12.9. The predicted octanol–water partition coefficient (Wildman–Crippen LogP) is 4.41. The van der Waals surface area contributed by atoms with Gasteiger partial charge in [-0.15, -0.1) is 0 Å². The Morgan fingerprint density at radius 3 is 2.60 bits per heavy atom. The van der Waals surface area contributed by atoms with Crippen LogP contribution in [0.3, 0.4) is 0 Å². The van der Waals surface area contributed by atoms with Gasteiger partial charge in [-0.25, -0.2) is 13.4 Å². The van der Waals surface area contributed by atoms with E-state index in [4.69, 9.17) is 0 Å². The lowest BCUT2D eigenvalue weighted by Crippen LogP contribution is -2.42. The van der Waals surface area contributed by atoms with E-state index >= 15 is 0 Å². The molecule has 0 aliphatic heterocycles. The summed E-state index contributed by atoms with van der Waals surface area (Å²) in [6.07, 6.45) is 3.57. The van der Waals surface area contributed by atoms with Gasteiger partial charge in [0.25, 0.3) is 0 Å². The van der Waals surface area contributed by atoms with Crippen LogP contribution in [0.5, 0.6) is 0 Å². The smallest absolute Gasteiger partial charge is 0.243 e. The first-order valence-corrected chi connectivity index (χ1v) is 10.1. The number of rotatable bonds is 3. The Kier molecular flexibility index (Phi) is 4.51. The van der Waals surface area contributed by atoms with E-state index in [1.54, 1.807) is 31.4 Å². The number of fused-ring (bicyclic) bond motifs is 1. The minimum absolute atomic E-state index is 0.278. The van der Waals surface area contributed by atoms with Crippen molar-refractivity contribution < 1.29 is 8.42 Å². The third-order valence-corrected chi connectivity index (χ3v) is 6.80. The van der Waals surface area contributed by atoms with E-state index in [0.717, 1.165) is 26.6 Å². The molecule has 0 radical (unpaired) electrons. The molecular weight excluding hydrogens is 402 g/mol. The summed E-state index contributed by atoms with van der Waals surface area (Å²) in [4.78, 5) is 7.73. The summed E-state index contributed by atoms with van der Waals surface area (Å²) < 4.78 is 28.1. The first kappa shape index (κ1) is 18.1. The molecule has 0 aliphatic rings. The van der Waals surface area contributed by atoms with Crippen LogP contribution >= 0.6 is 15.9 Å². The Morgan fingerprint density at radius 2 is 1.92 bits per heavy atom. The molecule has 0 aliphatic carbocycles. The van der Waals surface area contributed by atoms with Crippen LogP contribution in [0.25, 0.3) is 22.2 Å². The lowest BCUT2D eigenvalue weighted by molar-refractivity contribution is 0.292. The molecule has 0 unspecified atom stereocenters. The third kappa shape index (κ3) is 3.36. The maximum absolute atomic E-state index is 12.9. The monoisotopic (exact) mass is 421 g/mol. The van der Waals surface area contributed by atoms with Gasteiger partial charge in [0.1, 0.15) is 5.65 Å². The molecule has 0 atom stereocenters. The molecule has 25 heavy (non-hydrogen) atoms. The molecule has 0 spiro atoms. The molecule has 0 amide bonds. The number of hydrogen-bond donors (Lipinski definition) is 1. The molecule has 2 aromatic heterocycles. The zero-order valence-electron chi connectivity index (χ0n) is 14.5. The van der Waals surface area contributed by atoms with Crippen LogP contribution < -0.4 is 0 Å². The van der Waals surface area contributed by atoms with Crippen molar-refractivity contribution >= 4 is 37.0 Å². The summed E-state index contributed by atoms with van der Waals surface area (Å²) in [5.74, 6) is 0. The van der Waals surface area contributed by atoms with E-state index in [0.29, 0.717) is 0 Å². The highest BCUT2D eigenvalue weighted by Crippen LogP contribution is 2.32. The second-order valence-electron chi connectivity index (χ2n) is 6.92. The minimum Gasteiger partial charge on any atom is -0.346 e. The van der Waals surface area contributed by atoms with E-state index in [2.05, 4.69) is 25.9 Å². The Balaban J connectivity index is 2.12. The number of aromatic amines is 1. The van der Waals surface area contributed by atoms with Crippen LogP contribution in [-0.2, 0) is 10.0 Å². The fourth-order valence-corrected chi connectivity index (χ4v) is 4.45. The largest absolute Gasteiger partial charge is 0.346 e. The maximum Gasteiger partial charge on any atom is 0.243 e. The quantitative estimate of drug-likeness (QED) is 0.680. The van der Waals surface area contributed by atoms with Crippen molar-refractivity contribution in [1.29, 1.82) is 0 Å².